The fraction of sp³-hybridized carbons (Fsp3) is 0.143. The molecule has 0 fully saturated rings. The molecule has 0 spiro atoms. The summed E-state index contributed by atoms with van der Waals surface area (Å²) in [5.74, 6) is -0.312. The van der Waals surface area contributed by atoms with Crippen LogP contribution in [-0.4, -0.2) is 11.2 Å². The van der Waals surface area contributed by atoms with Gasteiger partial charge in [-0.3, -0.25) is 5.73 Å². The van der Waals surface area contributed by atoms with Crippen molar-refractivity contribution in [2.75, 3.05) is 4.90 Å². The Labute approximate surface area is 152 Å². The number of fused-ring (bicyclic) bond motifs is 1. The van der Waals surface area contributed by atoms with Crippen molar-refractivity contribution < 1.29 is 4.39 Å². The van der Waals surface area contributed by atoms with Gasteiger partial charge in [-0.15, -0.1) is 0 Å². The van der Waals surface area contributed by atoms with Gasteiger partial charge in [-0.1, -0.05) is 60.7 Å². The second-order valence-corrected chi connectivity index (χ2v) is 6.40. The van der Waals surface area contributed by atoms with Crippen molar-refractivity contribution >= 4 is 11.4 Å². The number of anilines is 2. The van der Waals surface area contributed by atoms with Gasteiger partial charge in [0.25, 0.3) is 0 Å². The third-order valence-corrected chi connectivity index (χ3v) is 4.80. The molecule has 4 N–H and O–H groups in total. The van der Waals surface area contributed by atoms with E-state index in [1.165, 1.54) is 6.07 Å². The van der Waals surface area contributed by atoms with Crippen molar-refractivity contribution in [1.82, 2.24) is 4.90 Å². The summed E-state index contributed by atoms with van der Waals surface area (Å²) in [6.45, 7) is 0.572. The number of hydrogen-bond acceptors (Lipinski definition) is 4. The molecule has 0 saturated carbocycles. The maximum absolute atomic E-state index is 14.5. The summed E-state index contributed by atoms with van der Waals surface area (Å²) in [6.07, 6.45) is -0.957. The van der Waals surface area contributed by atoms with E-state index in [4.69, 9.17) is 11.5 Å². The summed E-state index contributed by atoms with van der Waals surface area (Å²) < 4.78 is 14.5. The minimum atomic E-state index is -0.586. The van der Waals surface area contributed by atoms with Gasteiger partial charge in [-0.2, -0.15) is 0 Å². The Kier molecular flexibility index (Phi) is 4.42. The third-order valence-electron chi connectivity index (χ3n) is 4.80. The van der Waals surface area contributed by atoms with E-state index in [9.17, 15) is 4.39 Å². The maximum Gasteiger partial charge on any atom is 0.146 e. The molecule has 0 saturated heterocycles. The molecule has 1 aliphatic rings. The molecule has 3 aromatic rings. The van der Waals surface area contributed by atoms with Gasteiger partial charge in [0.1, 0.15) is 12.1 Å². The van der Waals surface area contributed by atoms with E-state index in [1.807, 2.05) is 70.5 Å². The third kappa shape index (κ3) is 2.86. The molecule has 0 aliphatic carbocycles. The highest BCUT2D eigenvalue weighted by Gasteiger charge is 2.36. The van der Waals surface area contributed by atoms with E-state index >= 15 is 0 Å². The van der Waals surface area contributed by atoms with E-state index < -0.39 is 6.29 Å². The standard InChI is InChI=1S/C21H21FN4/c22-17-11-5-7-13-19(17)26-18-12-6-4-10-16(18)20(23)25(21(26)24)14-15-8-2-1-3-9-15/h1-13,20-21H,14,23-24H2. The number of nitrogens with two attached hydrogens (primary N) is 2. The summed E-state index contributed by atoms with van der Waals surface area (Å²) >= 11 is 0. The van der Waals surface area contributed by atoms with E-state index in [0.717, 1.165) is 16.8 Å². The molecule has 4 rings (SSSR count). The first-order valence-corrected chi connectivity index (χ1v) is 8.60. The normalized spacial score (nSPS) is 20.0. The van der Waals surface area contributed by atoms with Crippen LogP contribution in [0.5, 0.6) is 0 Å². The van der Waals surface area contributed by atoms with Crippen molar-refractivity contribution in [3.63, 3.8) is 0 Å². The summed E-state index contributed by atoms with van der Waals surface area (Å²) in [4.78, 5) is 3.79. The lowest BCUT2D eigenvalue weighted by molar-refractivity contribution is 0.121. The number of para-hydroxylation sites is 2. The van der Waals surface area contributed by atoms with Crippen LogP contribution < -0.4 is 16.4 Å². The van der Waals surface area contributed by atoms with Crippen molar-refractivity contribution in [3.05, 3.63) is 95.8 Å². The van der Waals surface area contributed by atoms with Crippen LogP contribution in [0.25, 0.3) is 0 Å². The zero-order valence-corrected chi connectivity index (χ0v) is 14.3. The first-order valence-electron chi connectivity index (χ1n) is 8.60. The Balaban J connectivity index is 1.80. The van der Waals surface area contributed by atoms with Crippen LogP contribution in [0.3, 0.4) is 0 Å². The zero-order valence-electron chi connectivity index (χ0n) is 14.3. The molecule has 5 heteroatoms. The van der Waals surface area contributed by atoms with E-state index in [0.29, 0.717) is 12.2 Å². The molecule has 1 heterocycles. The van der Waals surface area contributed by atoms with E-state index in [-0.39, 0.29) is 12.0 Å². The summed E-state index contributed by atoms with van der Waals surface area (Å²) in [5.41, 5.74) is 16.4. The highest BCUT2D eigenvalue weighted by Crippen LogP contribution is 2.40. The minimum absolute atomic E-state index is 0.312. The summed E-state index contributed by atoms with van der Waals surface area (Å²) in [7, 11) is 0. The lowest BCUT2D eigenvalue weighted by Gasteiger charge is -2.47. The molecule has 0 radical (unpaired) electrons. The number of rotatable bonds is 3. The van der Waals surface area contributed by atoms with Gasteiger partial charge in [-0.05, 0) is 23.8 Å². The molecule has 0 amide bonds. The van der Waals surface area contributed by atoms with Gasteiger partial charge in [0, 0.05) is 12.1 Å². The molecule has 3 aromatic carbocycles. The van der Waals surface area contributed by atoms with E-state index in [1.54, 1.807) is 12.1 Å². The van der Waals surface area contributed by atoms with Crippen LogP contribution in [0.1, 0.15) is 17.3 Å². The van der Waals surface area contributed by atoms with Crippen LogP contribution in [0, 0.1) is 5.82 Å². The lowest BCUT2D eigenvalue weighted by Crippen LogP contribution is -2.58. The first-order chi connectivity index (χ1) is 12.7. The minimum Gasteiger partial charge on any atom is -0.312 e. The topological polar surface area (TPSA) is 58.5 Å². The Morgan fingerprint density at radius 2 is 1.38 bits per heavy atom. The fourth-order valence-electron chi connectivity index (χ4n) is 3.50. The molecule has 1 aliphatic heterocycles. The van der Waals surface area contributed by atoms with Crippen molar-refractivity contribution in [3.8, 4) is 0 Å². The maximum atomic E-state index is 14.5. The van der Waals surface area contributed by atoms with Crippen LogP contribution in [-0.2, 0) is 6.54 Å². The average Bonchev–Trinajstić information content (AvgIpc) is 2.67. The van der Waals surface area contributed by atoms with Gasteiger partial charge < -0.3 is 10.6 Å². The van der Waals surface area contributed by atoms with Gasteiger partial charge in [0.05, 0.1) is 17.5 Å². The lowest BCUT2D eigenvalue weighted by atomic mass is 10.0. The monoisotopic (exact) mass is 348 g/mol. The Morgan fingerprint density at radius 3 is 2.12 bits per heavy atom. The number of hydrogen-bond donors (Lipinski definition) is 2. The Hall–Kier alpha value is -2.73. The molecule has 2 atom stereocenters. The zero-order chi connectivity index (χ0) is 18.1. The van der Waals surface area contributed by atoms with Crippen LogP contribution in [0.2, 0.25) is 0 Å². The Bertz CT molecular complexity index is 899. The van der Waals surface area contributed by atoms with Crippen molar-refractivity contribution in [2.24, 2.45) is 11.5 Å². The molecule has 132 valence electrons. The van der Waals surface area contributed by atoms with Gasteiger partial charge in [0.2, 0.25) is 0 Å². The Morgan fingerprint density at radius 1 is 0.769 bits per heavy atom. The number of halogens is 1. The van der Waals surface area contributed by atoms with Crippen LogP contribution in [0.15, 0.2) is 78.9 Å². The second-order valence-electron chi connectivity index (χ2n) is 6.40. The molecule has 0 bridgehead atoms. The molecule has 2 unspecified atom stereocenters. The molecular formula is C21H21FN4. The quantitative estimate of drug-likeness (QED) is 0.758. The number of nitrogens with zero attached hydrogens (tertiary/aromatic N) is 2. The first kappa shape index (κ1) is 16.7. The van der Waals surface area contributed by atoms with Crippen LogP contribution in [0.4, 0.5) is 15.8 Å². The number of benzene rings is 3. The van der Waals surface area contributed by atoms with Crippen molar-refractivity contribution in [1.29, 1.82) is 0 Å². The predicted molar refractivity (Wildman–Crippen MR) is 102 cm³/mol. The van der Waals surface area contributed by atoms with Gasteiger partial charge >= 0.3 is 0 Å². The van der Waals surface area contributed by atoms with Gasteiger partial charge in [0.15, 0.2) is 0 Å². The molecule has 4 nitrogen and oxygen atoms in total. The molecular weight excluding hydrogens is 327 g/mol. The molecule has 0 aromatic heterocycles. The largest absolute Gasteiger partial charge is 0.312 e. The van der Waals surface area contributed by atoms with Crippen molar-refractivity contribution in [2.45, 2.75) is 19.0 Å². The van der Waals surface area contributed by atoms with Gasteiger partial charge in [-0.25, -0.2) is 9.29 Å². The molecule has 26 heavy (non-hydrogen) atoms. The average molecular weight is 348 g/mol. The SMILES string of the molecule is NC1c2ccccc2N(c2ccccc2F)C(N)N1Cc1ccccc1. The fourth-order valence-corrected chi connectivity index (χ4v) is 3.50. The van der Waals surface area contributed by atoms with E-state index in [2.05, 4.69) is 0 Å². The van der Waals surface area contributed by atoms with Crippen LogP contribution >= 0.6 is 0 Å². The second kappa shape index (κ2) is 6.88. The predicted octanol–water partition coefficient (Wildman–Crippen LogP) is 3.68. The highest BCUT2D eigenvalue weighted by atomic mass is 19.1. The summed E-state index contributed by atoms with van der Waals surface area (Å²) in [5, 5.41) is 0. The smallest absolute Gasteiger partial charge is 0.146 e. The summed E-state index contributed by atoms with van der Waals surface area (Å²) in [6, 6.07) is 24.4. The highest BCUT2D eigenvalue weighted by molar-refractivity contribution is 5.69.